The monoisotopic (exact) mass is 324 g/mol. The second-order valence-corrected chi connectivity index (χ2v) is 4.85. The Kier molecular flexibility index (Phi) is 3.90. The van der Waals surface area contributed by atoms with Gasteiger partial charge in [-0.15, -0.1) is 0 Å². The lowest BCUT2D eigenvalue weighted by atomic mass is 10.2. The smallest absolute Gasteiger partial charge is 0.307 e. The minimum atomic E-state index is -0.400. The van der Waals surface area contributed by atoms with E-state index in [4.69, 9.17) is 8.83 Å². The maximum absolute atomic E-state index is 11.7. The number of hydrogen-bond donors (Lipinski definition) is 1. The van der Waals surface area contributed by atoms with Crippen molar-refractivity contribution in [3.05, 3.63) is 45.7 Å². The van der Waals surface area contributed by atoms with Crippen LogP contribution in [0, 0.1) is 13.8 Å². The number of halogens is 1. The average Bonchev–Trinajstić information content (AvgIpc) is 2.92. The predicted octanol–water partition coefficient (Wildman–Crippen LogP) is 3.41. The molecule has 0 bridgehead atoms. The first-order valence-electron chi connectivity index (χ1n) is 5.64. The van der Waals surface area contributed by atoms with E-state index in [0.717, 1.165) is 17.1 Å². The highest BCUT2D eigenvalue weighted by atomic mass is 79.9. The lowest BCUT2D eigenvalue weighted by Crippen LogP contribution is -2.18. The fourth-order valence-corrected chi connectivity index (χ4v) is 1.98. The third kappa shape index (κ3) is 3.14. The lowest BCUT2D eigenvalue weighted by molar-refractivity contribution is 0.0926. The Balaban J connectivity index is 2.10. The van der Waals surface area contributed by atoms with Crippen molar-refractivity contribution in [2.45, 2.75) is 20.8 Å². The molecular formula is C13H13BrN2O3. The van der Waals surface area contributed by atoms with E-state index < -0.39 is 5.91 Å². The summed E-state index contributed by atoms with van der Waals surface area (Å²) in [5.74, 6) is 1.38. The van der Waals surface area contributed by atoms with Gasteiger partial charge in [-0.3, -0.25) is 4.79 Å². The molecule has 0 aliphatic heterocycles. The van der Waals surface area contributed by atoms with Crippen LogP contribution in [-0.4, -0.2) is 11.6 Å². The van der Waals surface area contributed by atoms with Gasteiger partial charge in [0.15, 0.2) is 10.4 Å². The number of carbonyl (C=O) groups excluding carboxylic acids is 1. The van der Waals surface area contributed by atoms with Crippen LogP contribution < -0.4 is 5.43 Å². The molecule has 1 N–H and O–H groups in total. The first-order valence-corrected chi connectivity index (χ1v) is 6.44. The molecule has 19 heavy (non-hydrogen) atoms. The van der Waals surface area contributed by atoms with Gasteiger partial charge in [0.1, 0.15) is 11.5 Å². The van der Waals surface area contributed by atoms with Crippen LogP contribution in [0.3, 0.4) is 0 Å². The topological polar surface area (TPSA) is 67.7 Å². The summed E-state index contributed by atoms with van der Waals surface area (Å²) in [6, 6.07) is 5.09. The zero-order chi connectivity index (χ0) is 14.0. The largest absolute Gasteiger partial charge is 0.466 e. The molecule has 1 amide bonds. The van der Waals surface area contributed by atoms with E-state index in [-0.39, 0.29) is 5.76 Å². The highest BCUT2D eigenvalue weighted by Gasteiger charge is 2.11. The zero-order valence-corrected chi connectivity index (χ0v) is 12.4. The Morgan fingerprint density at radius 3 is 2.58 bits per heavy atom. The molecule has 2 rings (SSSR count). The number of furan rings is 2. The van der Waals surface area contributed by atoms with Gasteiger partial charge < -0.3 is 8.83 Å². The molecule has 2 aromatic rings. The van der Waals surface area contributed by atoms with Gasteiger partial charge in [-0.25, -0.2) is 5.43 Å². The number of nitrogens with zero attached hydrogens (tertiary/aromatic N) is 1. The van der Waals surface area contributed by atoms with E-state index in [1.807, 2.05) is 19.9 Å². The van der Waals surface area contributed by atoms with Crippen molar-refractivity contribution in [2.24, 2.45) is 5.10 Å². The fourth-order valence-electron chi connectivity index (χ4n) is 1.68. The van der Waals surface area contributed by atoms with Crippen molar-refractivity contribution in [3.63, 3.8) is 0 Å². The highest BCUT2D eigenvalue weighted by molar-refractivity contribution is 9.10. The molecule has 0 spiro atoms. The minimum Gasteiger partial charge on any atom is -0.466 e. The van der Waals surface area contributed by atoms with Crippen molar-refractivity contribution in [1.82, 2.24) is 5.43 Å². The van der Waals surface area contributed by atoms with Crippen molar-refractivity contribution >= 4 is 27.5 Å². The van der Waals surface area contributed by atoms with Crippen LogP contribution in [0.25, 0.3) is 0 Å². The summed E-state index contributed by atoms with van der Waals surface area (Å²) in [6.07, 6.45) is 0. The molecular weight excluding hydrogens is 312 g/mol. The first kappa shape index (κ1) is 13.6. The molecule has 0 radical (unpaired) electrons. The van der Waals surface area contributed by atoms with Gasteiger partial charge in [-0.2, -0.15) is 5.10 Å². The zero-order valence-electron chi connectivity index (χ0n) is 10.8. The average molecular weight is 325 g/mol. The Morgan fingerprint density at radius 2 is 2.05 bits per heavy atom. The number of amides is 1. The molecule has 0 unspecified atom stereocenters. The standard InChI is InChI=1S/C13H13BrN2O3/c1-7-6-10(9(3)18-7)8(2)15-16-13(17)11-4-5-12(14)19-11/h4-6H,1-3H3,(H,16,17). The van der Waals surface area contributed by atoms with E-state index in [9.17, 15) is 4.79 Å². The second kappa shape index (κ2) is 5.44. The summed E-state index contributed by atoms with van der Waals surface area (Å²) in [5.41, 5.74) is 3.99. The Hall–Kier alpha value is -1.82. The molecule has 0 aromatic carbocycles. The Labute approximate surface area is 118 Å². The first-order chi connectivity index (χ1) is 8.97. The van der Waals surface area contributed by atoms with E-state index in [2.05, 4.69) is 26.5 Å². The molecule has 2 aromatic heterocycles. The van der Waals surface area contributed by atoms with Crippen molar-refractivity contribution in [3.8, 4) is 0 Å². The van der Waals surface area contributed by atoms with Crippen LogP contribution in [0.2, 0.25) is 0 Å². The number of nitrogens with one attached hydrogen (secondary N) is 1. The quantitative estimate of drug-likeness (QED) is 0.695. The van der Waals surface area contributed by atoms with Gasteiger partial charge in [-0.1, -0.05) is 0 Å². The fraction of sp³-hybridized carbons (Fsp3) is 0.231. The molecule has 6 heteroatoms. The number of aryl methyl sites for hydroxylation is 2. The van der Waals surface area contributed by atoms with Crippen molar-refractivity contribution < 1.29 is 13.6 Å². The summed E-state index contributed by atoms with van der Waals surface area (Å²) >= 11 is 3.13. The number of carbonyl (C=O) groups is 1. The number of hydrogen-bond acceptors (Lipinski definition) is 4. The normalized spacial score (nSPS) is 11.7. The van der Waals surface area contributed by atoms with Crippen LogP contribution in [0.5, 0.6) is 0 Å². The Morgan fingerprint density at radius 1 is 1.32 bits per heavy atom. The van der Waals surface area contributed by atoms with Gasteiger partial charge in [0, 0.05) is 5.56 Å². The van der Waals surface area contributed by atoms with Crippen LogP contribution in [0.4, 0.5) is 0 Å². The second-order valence-electron chi connectivity index (χ2n) is 4.07. The summed E-state index contributed by atoms with van der Waals surface area (Å²) in [4.78, 5) is 11.7. The van der Waals surface area contributed by atoms with E-state index in [1.165, 1.54) is 0 Å². The van der Waals surface area contributed by atoms with Gasteiger partial charge >= 0.3 is 5.91 Å². The molecule has 0 aliphatic rings. The maximum Gasteiger partial charge on any atom is 0.307 e. The van der Waals surface area contributed by atoms with Crippen LogP contribution in [0.15, 0.2) is 36.8 Å². The summed E-state index contributed by atoms with van der Waals surface area (Å²) in [7, 11) is 0. The summed E-state index contributed by atoms with van der Waals surface area (Å²) < 4.78 is 11.0. The molecule has 5 nitrogen and oxygen atoms in total. The van der Waals surface area contributed by atoms with Crippen molar-refractivity contribution in [1.29, 1.82) is 0 Å². The minimum absolute atomic E-state index is 0.198. The van der Waals surface area contributed by atoms with Crippen LogP contribution in [-0.2, 0) is 0 Å². The van der Waals surface area contributed by atoms with Crippen LogP contribution >= 0.6 is 15.9 Å². The van der Waals surface area contributed by atoms with Gasteiger partial charge in [-0.05, 0) is 54.9 Å². The summed E-state index contributed by atoms with van der Waals surface area (Å²) in [5, 5.41) is 4.04. The lowest BCUT2D eigenvalue weighted by Gasteiger charge is -1.99. The third-order valence-electron chi connectivity index (χ3n) is 2.55. The number of rotatable bonds is 3. The van der Waals surface area contributed by atoms with E-state index in [1.54, 1.807) is 19.1 Å². The predicted molar refractivity (Wildman–Crippen MR) is 74.3 cm³/mol. The summed E-state index contributed by atoms with van der Waals surface area (Å²) in [6.45, 7) is 5.52. The highest BCUT2D eigenvalue weighted by Crippen LogP contribution is 2.15. The third-order valence-corrected chi connectivity index (χ3v) is 2.98. The van der Waals surface area contributed by atoms with E-state index in [0.29, 0.717) is 10.4 Å². The maximum atomic E-state index is 11.7. The molecule has 0 fully saturated rings. The van der Waals surface area contributed by atoms with Gasteiger partial charge in [0.25, 0.3) is 0 Å². The molecule has 100 valence electrons. The molecule has 0 aliphatic carbocycles. The van der Waals surface area contributed by atoms with Crippen LogP contribution in [0.1, 0.15) is 34.6 Å². The molecule has 0 atom stereocenters. The van der Waals surface area contributed by atoms with E-state index >= 15 is 0 Å². The molecule has 0 saturated carbocycles. The SMILES string of the molecule is CC(=NNC(=O)c1ccc(Br)o1)c1cc(C)oc1C. The molecule has 2 heterocycles. The Bertz CT molecular complexity index is 640. The molecule has 0 saturated heterocycles. The van der Waals surface area contributed by atoms with Crippen molar-refractivity contribution in [2.75, 3.05) is 0 Å². The van der Waals surface area contributed by atoms with Gasteiger partial charge in [0.05, 0.1) is 5.71 Å². The number of hydrazone groups is 1. The van der Waals surface area contributed by atoms with Gasteiger partial charge in [0.2, 0.25) is 0 Å².